The first kappa shape index (κ1) is 13.4. The Hall–Kier alpha value is -1.04. The Labute approximate surface area is 119 Å². The molecular formula is C12H12ClN3S2. The summed E-state index contributed by atoms with van der Waals surface area (Å²) < 4.78 is 0.946. The number of nitrogens with one attached hydrogen (secondary N) is 1. The van der Waals surface area contributed by atoms with Gasteiger partial charge in [0, 0.05) is 17.3 Å². The van der Waals surface area contributed by atoms with E-state index < -0.39 is 0 Å². The van der Waals surface area contributed by atoms with E-state index in [9.17, 15) is 0 Å². The van der Waals surface area contributed by atoms with Crippen molar-refractivity contribution in [2.45, 2.75) is 10.1 Å². The van der Waals surface area contributed by atoms with Gasteiger partial charge in [-0.15, -0.1) is 16.8 Å². The van der Waals surface area contributed by atoms with Crippen molar-refractivity contribution in [2.75, 3.05) is 11.9 Å². The van der Waals surface area contributed by atoms with Crippen LogP contribution in [0, 0.1) is 0 Å². The third-order valence-corrected chi connectivity index (χ3v) is 4.38. The third kappa shape index (κ3) is 4.01. The Balaban J connectivity index is 1.90. The van der Waals surface area contributed by atoms with Crippen LogP contribution in [-0.4, -0.2) is 16.7 Å². The fourth-order valence-electron chi connectivity index (χ4n) is 1.27. The maximum atomic E-state index is 5.93. The summed E-state index contributed by atoms with van der Waals surface area (Å²) in [5.41, 5.74) is 1.18. The average Bonchev–Trinajstić information content (AvgIpc) is 2.82. The predicted octanol–water partition coefficient (Wildman–Crippen LogP) is 4.08. The van der Waals surface area contributed by atoms with Gasteiger partial charge in [0.1, 0.15) is 0 Å². The van der Waals surface area contributed by atoms with Crippen LogP contribution in [0.4, 0.5) is 5.13 Å². The molecule has 1 N–H and O–H groups in total. The zero-order valence-electron chi connectivity index (χ0n) is 9.60. The molecule has 0 fully saturated rings. The number of rotatable bonds is 6. The lowest BCUT2D eigenvalue weighted by Gasteiger charge is -1.98. The normalized spacial score (nSPS) is 10.3. The summed E-state index contributed by atoms with van der Waals surface area (Å²) in [6.45, 7) is 4.35. The molecule has 2 rings (SSSR count). The highest BCUT2D eigenvalue weighted by atomic mass is 35.5. The number of thioether (sulfide) groups is 1. The van der Waals surface area contributed by atoms with Crippen molar-refractivity contribution in [3.8, 4) is 0 Å². The molecule has 0 saturated heterocycles. The molecule has 1 heterocycles. The van der Waals surface area contributed by atoms with Crippen molar-refractivity contribution < 1.29 is 0 Å². The van der Waals surface area contributed by atoms with Gasteiger partial charge in [0.25, 0.3) is 0 Å². The van der Waals surface area contributed by atoms with Gasteiger partial charge in [0.05, 0.1) is 0 Å². The Morgan fingerprint density at radius 2 is 2.33 bits per heavy atom. The molecule has 0 radical (unpaired) electrons. The van der Waals surface area contributed by atoms with Crippen molar-refractivity contribution in [1.82, 2.24) is 10.2 Å². The van der Waals surface area contributed by atoms with Gasteiger partial charge in [0.2, 0.25) is 5.13 Å². The van der Waals surface area contributed by atoms with Crippen LogP contribution in [0.5, 0.6) is 0 Å². The van der Waals surface area contributed by atoms with Crippen molar-refractivity contribution in [3.05, 3.63) is 47.5 Å². The smallest absolute Gasteiger partial charge is 0.206 e. The highest BCUT2D eigenvalue weighted by Crippen LogP contribution is 2.28. The minimum Gasteiger partial charge on any atom is -0.357 e. The second-order valence-corrected chi connectivity index (χ2v) is 6.10. The van der Waals surface area contributed by atoms with E-state index in [0.29, 0.717) is 6.54 Å². The first-order valence-corrected chi connectivity index (χ1v) is 7.51. The number of hydrogen-bond acceptors (Lipinski definition) is 5. The molecule has 0 aliphatic carbocycles. The Bertz CT molecular complexity index is 528. The van der Waals surface area contributed by atoms with Crippen LogP contribution in [0.15, 0.2) is 41.3 Å². The second-order valence-electron chi connectivity index (χ2n) is 3.46. The standard InChI is InChI=1S/C12H12ClN3S2/c1-2-6-14-11-15-16-12(18-11)17-8-9-4-3-5-10(13)7-9/h2-5,7H,1,6,8H2,(H,14,15). The summed E-state index contributed by atoms with van der Waals surface area (Å²) in [4.78, 5) is 0. The zero-order chi connectivity index (χ0) is 12.8. The molecule has 94 valence electrons. The highest BCUT2D eigenvalue weighted by molar-refractivity contribution is 8.00. The Morgan fingerprint density at radius 3 is 3.11 bits per heavy atom. The summed E-state index contributed by atoms with van der Waals surface area (Å²) in [6, 6.07) is 7.84. The van der Waals surface area contributed by atoms with Crippen molar-refractivity contribution >= 4 is 39.8 Å². The summed E-state index contributed by atoms with van der Waals surface area (Å²) in [7, 11) is 0. The molecular weight excluding hydrogens is 286 g/mol. The molecule has 1 aromatic heterocycles. The van der Waals surface area contributed by atoms with Gasteiger partial charge >= 0.3 is 0 Å². The predicted molar refractivity (Wildman–Crippen MR) is 79.6 cm³/mol. The quantitative estimate of drug-likeness (QED) is 0.644. The van der Waals surface area contributed by atoms with Gasteiger partial charge in [-0.2, -0.15) is 0 Å². The number of anilines is 1. The number of hydrogen-bond donors (Lipinski definition) is 1. The van der Waals surface area contributed by atoms with E-state index >= 15 is 0 Å². The van der Waals surface area contributed by atoms with E-state index in [1.54, 1.807) is 29.2 Å². The zero-order valence-corrected chi connectivity index (χ0v) is 12.0. The van der Waals surface area contributed by atoms with Crippen LogP contribution in [0.3, 0.4) is 0 Å². The minimum absolute atomic E-state index is 0.702. The molecule has 2 aromatic rings. The first-order chi connectivity index (χ1) is 8.78. The van der Waals surface area contributed by atoms with E-state index in [4.69, 9.17) is 11.6 Å². The van der Waals surface area contributed by atoms with Gasteiger partial charge in [-0.1, -0.05) is 52.9 Å². The molecule has 0 saturated carbocycles. The van der Waals surface area contributed by atoms with Crippen LogP contribution in [0.1, 0.15) is 5.56 Å². The van der Waals surface area contributed by atoms with Crippen LogP contribution >= 0.6 is 34.7 Å². The van der Waals surface area contributed by atoms with Crippen LogP contribution in [0.2, 0.25) is 5.02 Å². The molecule has 6 heteroatoms. The second kappa shape index (κ2) is 6.78. The van der Waals surface area contributed by atoms with E-state index in [1.165, 1.54) is 5.56 Å². The van der Waals surface area contributed by atoms with E-state index in [0.717, 1.165) is 20.2 Å². The average molecular weight is 298 g/mol. The molecule has 1 aromatic carbocycles. The highest BCUT2D eigenvalue weighted by Gasteiger charge is 2.04. The van der Waals surface area contributed by atoms with Gasteiger partial charge in [-0.05, 0) is 17.7 Å². The van der Waals surface area contributed by atoms with E-state index in [1.807, 2.05) is 18.2 Å². The third-order valence-electron chi connectivity index (χ3n) is 2.06. The first-order valence-electron chi connectivity index (χ1n) is 5.33. The van der Waals surface area contributed by atoms with Crippen LogP contribution < -0.4 is 5.32 Å². The number of nitrogens with zero attached hydrogens (tertiary/aromatic N) is 2. The maximum absolute atomic E-state index is 5.93. The van der Waals surface area contributed by atoms with E-state index in [2.05, 4.69) is 28.2 Å². The summed E-state index contributed by atoms with van der Waals surface area (Å²) >= 11 is 9.14. The molecule has 0 bridgehead atoms. The largest absolute Gasteiger partial charge is 0.357 e. The fraction of sp³-hybridized carbons (Fsp3) is 0.167. The lowest BCUT2D eigenvalue weighted by atomic mass is 10.2. The lowest BCUT2D eigenvalue weighted by Crippen LogP contribution is -1.96. The van der Waals surface area contributed by atoms with Gasteiger partial charge < -0.3 is 5.32 Å². The molecule has 18 heavy (non-hydrogen) atoms. The summed E-state index contributed by atoms with van der Waals surface area (Å²) in [6.07, 6.45) is 1.79. The summed E-state index contributed by atoms with van der Waals surface area (Å²) in [5, 5.41) is 12.9. The molecule has 0 aliphatic heterocycles. The Morgan fingerprint density at radius 1 is 1.44 bits per heavy atom. The molecule has 0 aliphatic rings. The van der Waals surface area contributed by atoms with E-state index in [-0.39, 0.29) is 0 Å². The Kier molecular flexibility index (Phi) is 5.04. The fourth-order valence-corrected chi connectivity index (χ4v) is 3.19. The SMILES string of the molecule is C=CCNc1nnc(SCc2cccc(Cl)c2)s1. The summed E-state index contributed by atoms with van der Waals surface area (Å²) in [5.74, 6) is 0.844. The molecule has 0 unspecified atom stereocenters. The molecule has 0 spiro atoms. The van der Waals surface area contributed by atoms with Gasteiger partial charge in [0.15, 0.2) is 4.34 Å². The number of aromatic nitrogens is 2. The van der Waals surface area contributed by atoms with Crippen molar-refractivity contribution in [2.24, 2.45) is 0 Å². The van der Waals surface area contributed by atoms with Gasteiger partial charge in [-0.25, -0.2) is 0 Å². The van der Waals surface area contributed by atoms with Gasteiger partial charge in [-0.3, -0.25) is 0 Å². The molecule has 3 nitrogen and oxygen atoms in total. The van der Waals surface area contributed by atoms with Crippen LogP contribution in [-0.2, 0) is 5.75 Å². The lowest BCUT2D eigenvalue weighted by molar-refractivity contribution is 1.01. The minimum atomic E-state index is 0.702. The maximum Gasteiger partial charge on any atom is 0.206 e. The number of benzene rings is 1. The van der Waals surface area contributed by atoms with Crippen molar-refractivity contribution in [3.63, 3.8) is 0 Å². The number of halogens is 1. The van der Waals surface area contributed by atoms with Crippen LogP contribution in [0.25, 0.3) is 0 Å². The topological polar surface area (TPSA) is 37.8 Å². The van der Waals surface area contributed by atoms with Crippen molar-refractivity contribution in [1.29, 1.82) is 0 Å². The molecule has 0 amide bonds. The monoisotopic (exact) mass is 297 g/mol. The molecule has 0 atom stereocenters.